The molecule has 0 radical (unpaired) electrons. The summed E-state index contributed by atoms with van der Waals surface area (Å²) in [7, 11) is -2.45. The number of carbonyl (C=O) groups is 2. The molecule has 0 saturated carbocycles. The van der Waals surface area contributed by atoms with E-state index in [-0.39, 0.29) is 23.9 Å². The second kappa shape index (κ2) is 9.21. The number of carbonyl (C=O) groups excluding carboxylic acids is 2. The molecule has 0 aliphatic carbocycles. The maximum absolute atomic E-state index is 13.5. The van der Waals surface area contributed by atoms with Crippen LogP contribution in [0.1, 0.15) is 12.8 Å². The van der Waals surface area contributed by atoms with Gasteiger partial charge in [-0.3, -0.25) is 4.79 Å². The first-order valence-electron chi connectivity index (χ1n) is 10.2. The molecule has 1 fully saturated rings. The Kier molecular flexibility index (Phi) is 6.55. The van der Waals surface area contributed by atoms with Crippen LogP contribution in [0.5, 0.6) is 5.75 Å². The Morgan fingerprint density at radius 3 is 2.53 bits per heavy atom. The molecule has 0 N–H and O–H groups in total. The summed E-state index contributed by atoms with van der Waals surface area (Å²) in [6.45, 7) is 0.449. The summed E-state index contributed by atoms with van der Waals surface area (Å²) in [6, 6.07) is 13.4. The molecular formula is C22H23BrN2O6S. The molecule has 170 valence electrons. The van der Waals surface area contributed by atoms with Crippen LogP contribution in [0.4, 0.5) is 5.69 Å². The van der Waals surface area contributed by atoms with Gasteiger partial charge in [0.05, 0.1) is 30.2 Å². The molecule has 0 unspecified atom stereocenters. The van der Waals surface area contributed by atoms with Gasteiger partial charge in [-0.05, 0) is 49.2 Å². The van der Waals surface area contributed by atoms with E-state index >= 15 is 0 Å². The Balaban J connectivity index is 1.57. The zero-order chi connectivity index (χ0) is 22.9. The molecule has 8 nitrogen and oxygen atoms in total. The fourth-order valence-electron chi connectivity index (χ4n) is 4.04. The molecule has 2 atom stereocenters. The number of piperidine rings is 1. The SMILES string of the molecule is COC(=O)[C@@H]1CN(C(=O)[C@@H]2CCCN(S(=O)(=O)c3ccc(Br)cc3)C2)c2ccccc2O1. The highest BCUT2D eigenvalue weighted by atomic mass is 79.9. The van der Waals surface area contributed by atoms with Gasteiger partial charge in [-0.15, -0.1) is 0 Å². The molecule has 4 rings (SSSR count). The molecule has 0 bridgehead atoms. The van der Waals surface area contributed by atoms with Crippen molar-refractivity contribution >= 4 is 43.5 Å². The summed E-state index contributed by atoms with van der Waals surface area (Å²) in [6.07, 6.45) is 0.191. The lowest BCUT2D eigenvalue weighted by atomic mass is 9.97. The minimum absolute atomic E-state index is 0.0124. The lowest BCUT2D eigenvalue weighted by Crippen LogP contribution is -2.52. The van der Waals surface area contributed by atoms with Gasteiger partial charge in [0.15, 0.2) is 0 Å². The number of ether oxygens (including phenoxy) is 2. The van der Waals surface area contributed by atoms with Crippen molar-refractivity contribution in [2.24, 2.45) is 5.92 Å². The van der Waals surface area contributed by atoms with E-state index in [1.807, 2.05) is 0 Å². The van der Waals surface area contributed by atoms with E-state index in [9.17, 15) is 18.0 Å². The van der Waals surface area contributed by atoms with Gasteiger partial charge in [-0.25, -0.2) is 13.2 Å². The topological polar surface area (TPSA) is 93.2 Å². The van der Waals surface area contributed by atoms with Crippen molar-refractivity contribution in [3.05, 3.63) is 53.0 Å². The Morgan fingerprint density at radius 2 is 1.81 bits per heavy atom. The molecule has 32 heavy (non-hydrogen) atoms. The van der Waals surface area contributed by atoms with Crippen LogP contribution in [0.25, 0.3) is 0 Å². The number of rotatable bonds is 4. The van der Waals surface area contributed by atoms with Crippen molar-refractivity contribution in [2.45, 2.75) is 23.8 Å². The number of esters is 1. The summed E-state index contributed by atoms with van der Waals surface area (Å²) >= 11 is 3.31. The van der Waals surface area contributed by atoms with Gasteiger partial charge in [-0.1, -0.05) is 28.1 Å². The van der Waals surface area contributed by atoms with Gasteiger partial charge in [-0.2, -0.15) is 4.31 Å². The van der Waals surface area contributed by atoms with E-state index in [2.05, 4.69) is 15.9 Å². The molecule has 2 aliphatic rings. The first-order valence-corrected chi connectivity index (χ1v) is 12.4. The number of hydrogen-bond donors (Lipinski definition) is 0. The van der Waals surface area contributed by atoms with E-state index < -0.39 is 28.0 Å². The van der Waals surface area contributed by atoms with Crippen LogP contribution < -0.4 is 9.64 Å². The van der Waals surface area contributed by atoms with Crippen LogP contribution in [0.15, 0.2) is 57.9 Å². The van der Waals surface area contributed by atoms with Crippen molar-refractivity contribution < 1.29 is 27.5 Å². The average Bonchev–Trinajstić information content (AvgIpc) is 2.82. The standard InChI is InChI=1S/C22H23BrN2O6S/c1-30-22(27)20-14-25(18-6-2-3-7-19(18)31-20)21(26)15-5-4-12-24(13-15)32(28,29)17-10-8-16(23)9-11-17/h2-3,6-11,15,20H,4-5,12-14H2,1H3/t15-,20+/m1/s1. The fraction of sp³-hybridized carbons (Fsp3) is 0.364. The first kappa shape index (κ1) is 22.8. The zero-order valence-electron chi connectivity index (χ0n) is 17.4. The van der Waals surface area contributed by atoms with Gasteiger partial charge in [0.25, 0.3) is 0 Å². The number of methoxy groups -OCH3 is 1. The fourth-order valence-corrected chi connectivity index (χ4v) is 5.82. The lowest BCUT2D eigenvalue weighted by Gasteiger charge is -2.38. The number of anilines is 1. The number of nitrogens with zero attached hydrogens (tertiary/aromatic N) is 2. The quantitative estimate of drug-likeness (QED) is 0.573. The van der Waals surface area contributed by atoms with E-state index in [1.54, 1.807) is 48.5 Å². The molecule has 2 aromatic rings. The molecule has 10 heteroatoms. The van der Waals surface area contributed by atoms with Crippen molar-refractivity contribution in [3.8, 4) is 5.75 Å². The van der Waals surface area contributed by atoms with Gasteiger partial charge in [0.1, 0.15) is 5.75 Å². The van der Waals surface area contributed by atoms with Crippen LogP contribution in [0.2, 0.25) is 0 Å². The number of halogens is 1. The van der Waals surface area contributed by atoms with Crippen LogP contribution in [0, 0.1) is 5.92 Å². The monoisotopic (exact) mass is 522 g/mol. The molecule has 0 spiro atoms. The average molecular weight is 523 g/mol. The molecular weight excluding hydrogens is 500 g/mol. The normalized spacial score (nSPS) is 21.4. The predicted molar refractivity (Wildman–Crippen MR) is 121 cm³/mol. The smallest absolute Gasteiger partial charge is 0.348 e. The highest BCUT2D eigenvalue weighted by molar-refractivity contribution is 9.10. The molecule has 2 aliphatic heterocycles. The molecule has 1 saturated heterocycles. The number of sulfonamides is 1. The number of hydrogen-bond acceptors (Lipinski definition) is 6. The Hall–Kier alpha value is -2.43. The largest absolute Gasteiger partial charge is 0.475 e. The lowest BCUT2D eigenvalue weighted by molar-refractivity contribution is -0.148. The van der Waals surface area contributed by atoms with Crippen molar-refractivity contribution in [1.29, 1.82) is 0 Å². The van der Waals surface area contributed by atoms with Crippen LogP contribution >= 0.6 is 15.9 Å². The zero-order valence-corrected chi connectivity index (χ0v) is 19.8. The Morgan fingerprint density at radius 1 is 1.09 bits per heavy atom. The maximum atomic E-state index is 13.5. The minimum Gasteiger partial charge on any atom is -0.475 e. The third-order valence-electron chi connectivity index (χ3n) is 5.69. The summed E-state index contributed by atoms with van der Waals surface area (Å²) < 4.78 is 38.9. The summed E-state index contributed by atoms with van der Waals surface area (Å²) in [5, 5.41) is 0. The highest BCUT2D eigenvalue weighted by Gasteiger charge is 2.40. The molecule has 0 aromatic heterocycles. The summed E-state index contributed by atoms with van der Waals surface area (Å²) in [5.41, 5.74) is 0.561. The third-order valence-corrected chi connectivity index (χ3v) is 8.10. The second-order valence-electron chi connectivity index (χ2n) is 7.70. The van der Waals surface area contributed by atoms with Crippen LogP contribution in [-0.4, -0.2) is 57.4 Å². The van der Waals surface area contributed by atoms with E-state index in [1.165, 1.54) is 16.3 Å². The van der Waals surface area contributed by atoms with E-state index in [0.717, 1.165) is 4.47 Å². The van der Waals surface area contributed by atoms with Crippen molar-refractivity contribution in [3.63, 3.8) is 0 Å². The first-order chi connectivity index (χ1) is 15.3. The van der Waals surface area contributed by atoms with E-state index in [4.69, 9.17) is 9.47 Å². The van der Waals surface area contributed by atoms with Crippen molar-refractivity contribution in [1.82, 2.24) is 4.31 Å². The molecule has 2 heterocycles. The number of benzene rings is 2. The molecule has 2 aromatic carbocycles. The van der Waals surface area contributed by atoms with Gasteiger partial charge in [0.2, 0.25) is 22.0 Å². The van der Waals surface area contributed by atoms with Gasteiger partial charge in [0, 0.05) is 17.6 Å². The van der Waals surface area contributed by atoms with Crippen LogP contribution in [0.3, 0.4) is 0 Å². The van der Waals surface area contributed by atoms with Gasteiger partial charge < -0.3 is 14.4 Å². The number of fused-ring (bicyclic) bond motifs is 1. The Bertz CT molecular complexity index is 1120. The highest BCUT2D eigenvalue weighted by Crippen LogP contribution is 2.35. The summed E-state index contributed by atoms with van der Waals surface area (Å²) in [4.78, 5) is 27.3. The van der Waals surface area contributed by atoms with Crippen LogP contribution in [-0.2, 0) is 24.3 Å². The van der Waals surface area contributed by atoms with E-state index in [0.29, 0.717) is 30.8 Å². The number of amides is 1. The Labute approximate surface area is 195 Å². The molecule has 1 amide bonds. The second-order valence-corrected chi connectivity index (χ2v) is 10.6. The third kappa shape index (κ3) is 4.39. The predicted octanol–water partition coefficient (Wildman–Crippen LogP) is 2.82. The minimum atomic E-state index is -3.72. The maximum Gasteiger partial charge on any atom is 0.348 e. The van der Waals surface area contributed by atoms with Gasteiger partial charge >= 0.3 is 5.97 Å². The van der Waals surface area contributed by atoms with Crippen molar-refractivity contribution in [2.75, 3.05) is 31.6 Å². The number of para-hydroxylation sites is 2. The summed E-state index contributed by atoms with van der Waals surface area (Å²) in [5.74, 6) is -0.915.